The minimum Gasteiger partial charge on any atom is -0.493 e. The fourth-order valence-electron chi connectivity index (χ4n) is 2.84. The number of benzene rings is 2. The predicted molar refractivity (Wildman–Crippen MR) is 112 cm³/mol. The fourth-order valence-corrected chi connectivity index (χ4v) is 4.25. The lowest BCUT2D eigenvalue weighted by atomic mass is 10.2. The maximum atomic E-state index is 12.9. The molecule has 0 unspecified atom stereocenters. The standard InChI is InChI=1S/C20H15BrN2O3S/c1-3-8-26-17-11-13(21)12(9-16(17)25-2)10-18-19(24)23-15-7-5-4-6-14(15)22-20(23)27-18/h3-7,9-11H,1,8H2,2H3. The summed E-state index contributed by atoms with van der Waals surface area (Å²) >= 11 is 4.91. The second kappa shape index (κ2) is 7.17. The number of hydrogen-bond acceptors (Lipinski definition) is 5. The van der Waals surface area contributed by atoms with Crippen molar-refractivity contribution in [2.24, 2.45) is 0 Å². The van der Waals surface area contributed by atoms with Gasteiger partial charge < -0.3 is 9.47 Å². The van der Waals surface area contributed by atoms with Gasteiger partial charge in [-0.2, -0.15) is 0 Å². The van der Waals surface area contributed by atoms with Crippen molar-refractivity contribution in [3.8, 4) is 11.5 Å². The summed E-state index contributed by atoms with van der Waals surface area (Å²) in [5, 5.41) is 0. The van der Waals surface area contributed by atoms with Crippen LogP contribution in [0, 0.1) is 0 Å². The Bertz CT molecular complexity index is 1280. The number of aromatic nitrogens is 2. The van der Waals surface area contributed by atoms with E-state index in [4.69, 9.17) is 9.47 Å². The van der Waals surface area contributed by atoms with Gasteiger partial charge in [0.05, 0.1) is 22.7 Å². The monoisotopic (exact) mass is 442 g/mol. The number of methoxy groups -OCH3 is 1. The fraction of sp³-hybridized carbons (Fsp3) is 0.100. The van der Waals surface area contributed by atoms with Gasteiger partial charge in [0, 0.05) is 4.47 Å². The summed E-state index contributed by atoms with van der Waals surface area (Å²) in [7, 11) is 1.58. The summed E-state index contributed by atoms with van der Waals surface area (Å²) < 4.78 is 14.1. The Labute approximate surface area is 167 Å². The highest BCUT2D eigenvalue weighted by molar-refractivity contribution is 9.10. The second-order valence-electron chi connectivity index (χ2n) is 5.76. The molecular formula is C20H15BrN2O3S. The van der Waals surface area contributed by atoms with E-state index in [0.717, 1.165) is 21.1 Å². The molecule has 2 heterocycles. The van der Waals surface area contributed by atoms with Crippen LogP contribution in [0.4, 0.5) is 0 Å². The maximum Gasteiger partial charge on any atom is 0.274 e. The molecule has 0 aliphatic carbocycles. The largest absolute Gasteiger partial charge is 0.493 e. The van der Waals surface area contributed by atoms with Gasteiger partial charge in [-0.3, -0.25) is 4.79 Å². The van der Waals surface area contributed by atoms with Crippen LogP contribution in [0.15, 0.2) is 58.3 Å². The van der Waals surface area contributed by atoms with Gasteiger partial charge in [0.2, 0.25) is 0 Å². The Morgan fingerprint density at radius 3 is 2.89 bits per heavy atom. The van der Waals surface area contributed by atoms with Crippen LogP contribution in [0.1, 0.15) is 5.56 Å². The second-order valence-corrected chi connectivity index (χ2v) is 7.62. The molecule has 5 nitrogen and oxygen atoms in total. The van der Waals surface area contributed by atoms with Crippen molar-refractivity contribution in [1.29, 1.82) is 0 Å². The zero-order chi connectivity index (χ0) is 19.0. The average molecular weight is 443 g/mol. The SMILES string of the molecule is C=CCOc1cc(Br)c(C=c2sc3nc4ccccc4n3c2=O)cc1OC. The van der Waals surface area contributed by atoms with Crippen LogP contribution in [-0.4, -0.2) is 23.1 Å². The van der Waals surface area contributed by atoms with Gasteiger partial charge in [0.1, 0.15) is 6.61 Å². The first-order chi connectivity index (χ1) is 13.1. The molecule has 2 aromatic heterocycles. The Morgan fingerprint density at radius 2 is 2.11 bits per heavy atom. The molecular weight excluding hydrogens is 428 g/mol. The highest BCUT2D eigenvalue weighted by atomic mass is 79.9. The summed E-state index contributed by atoms with van der Waals surface area (Å²) in [5.41, 5.74) is 2.38. The van der Waals surface area contributed by atoms with E-state index >= 15 is 0 Å². The zero-order valence-electron chi connectivity index (χ0n) is 14.4. The van der Waals surface area contributed by atoms with Crippen LogP contribution in [0.5, 0.6) is 11.5 Å². The summed E-state index contributed by atoms with van der Waals surface area (Å²) in [6.07, 6.45) is 3.50. The van der Waals surface area contributed by atoms with Crippen molar-refractivity contribution < 1.29 is 9.47 Å². The van der Waals surface area contributed by atoms with Gasteiger partial charge >= 0.3 is 0 Å². The molecule has 4 rings (SSSR count). The summed E-state index contributed by atoms with van der Waals surface area (Å²) in [6.45, 7) is 4.03. The van der Waals surface area contributed by atoms with E-state index in [1.54, 1.807) is 17.6 Å². The molecule has 7 heteroatoms. The average Bonchev–Trinajstić information content (AvgIpc) is 3.18. The first-order valence-electron chi connectivity index (χ1n) is 8.15. The molecule has 2 aromatic carbocycles. The third kappa shape index (κ3) is 3.13. The van der Waals surface area contributed by atoms with E-state index in [2.05, 4.69) is 27.5 Å². The first-order valence-corrected chi connectivity index (χ1v) is 9.76. The smallest absolute Gasteiger partial charge is 0.274 e. The molecule has 0 radical (unpaired) electrons. The van der Waals surface area contributed by atoms with Gasteiger partial charge in [-0.1, -0.05) is 52.1 Å². The van der Waals surface area contributed by atoms with Crippen LogP contribution in [0.25, 0.3) is 22.1 Å². The lowest BCUT2D eigenvalue weighted by Crippen LogP contribution is -2.22. The quantitative estimate of drug-likeness (QED) is 0.441. The van der Waals surface area contributed by atoms with E-state index in [-0.39, 0.29) is 5.56 Å². The van der Waals surface area contributed by atoms with Gasteiger partial charge in [0.15, 0.2) is 16.5 Å². The van der Waals surface area contributed by atoms with Crippen molar-refractivity contribution in [3.63, 3.8) is 0 Å². The molecule has 0 aliphatic rings. The van der Waals surface area contributed by atoms with Gasteiger partial charge in [-0.25, -0.2) is 9.38 Å². The van der Waals surface area contributed by atoms with Crippen LogP contribution >= 0.6 is 27.3 Å². The van der Waals surface area contributed by atoms with Crippen LogP contribution in [0.3, 0.4) is 0 Å². The molecule has 136 valence electrons. The normalized spacial score (nSPS) is 12.0. The van der Waals surface area contributed by atoms with Crippen LogP contribution in [0.2, 0.25) is 0 Å². The van der Waals surface area contributed by atoms with Gasteiger partial charge in [0.25, 0.3) is 5.56 Å². The number of para-hydroxylation sites is 2. The lowest BCUT2D eigenvalue weighted by molar-refractivity contribution is 0.326. The zero-order valence-corrected chi connectivity index (χ0v) is 16.8. The summed E-state index contributed by atoms with van der Waals surface area (Å²) in [5.74, 6) is 1.20. The summed E-state index contributed by atoms with van der Waals surface area (Å²) in [6, 6.07) is 11.3. The molecule has 0 atom stereocenters. The third-order valence-corrected chi connectivity index (χ3v) is 5.73. The minimum atomic E-state index is -0.0819. The van der Waals surface area contributed by atoms with Crippen LogP contribution < -0.4 is 19.6 Å². The van der Waals surface area contributed by atoms with Crippen LogP contribution in [-0.2, 0) is 0 Å². The van der Waals surface area contributed by atoms with E-state index in [9.17, 15) is 4.79 Å². The Balaban J connectivity index is 1.87. The minimum absolute atomic E-state index is 0.0819. The number of hydrogen-bond donors (Lipinski definition) is 0. The molecule has 0 amide bonds. The number of halogens is 1. The number of nitrogens with zero attached hydrogens (tertiary/aromatic N) is 2. The van der Waals surface area contributed by atoms with Crippen molar-refractivity contribution in [3.05, 3.63) is 74.0 Å². The van der Waals surface area contributed by atoms with Crippen molar-refractivity contribution in [2.45, 2.75) is 0 Å². The maximum absolute atomic E-state index is 12.9. The van der Waals surface area contributed by atoms with Crippen molar-refractivity contribution >= 4 is 49.3 Å². The highest BCUT2D eigenvalue weighted by Gasteiger charge is 2.13. The number of thiazole rings is 1. The Kier molecular flexibility index (Phi) is 4.72. The van der Waals surface area contributed by atoms with Crippen molar-refractivity contribution in [1.82, 2.24) is 9.38 Å². The van der Waals surface area contributed by atoms with E-state index < -0.39 is 0 Å². The molecule has 0 saturated heterocycles. The topological polar surface area (TPSA) is 52.8 Å². The van der Waals surface area contributed by atoms with Gasteiger partial charge in [-0.15, -0.1) is 0 Å². The van der Waals surface area contributed by atoms with E-state index in [1.165, 1.54) is 11.3 Å². The molecule has 4 aromatic rings. The predicted octanol–water partition coefficient (Wildman–Crippen LogP) is 3.79. The van der Waals surface area contributed by atoms with Crippen molar-refractivity contribution in [2.75, 3.05) is 13.7 Å². The molecule has 0 aliphatic heterocycles. The Hall–Kier alpha value is -2.64. The number of rotatable bonds is 5. The number of ether oxygens (including phenoxy) is 2. The summed E-state index contributed by atoms with van der Waals surface area (Å²) in [4.78, 5) is 18.1. The number of imidazole rings is 1. The molecule has 0 spiro atoms. The molecule has 0 bridgehead atoms. The highest BCUT2D eigenvalue weighted by Crippen LogP contribution is 2.34. The first kappa shape index (κ1) is 17.8. The van der Waals surface area contributed by atoms with E-state index in [0.29, 0.717) is 27.6 Å². The molecule has 0 saturated carbocycles. The lowest BCUT2D eigenvalue weighted by Gasteiger charge is -2.11. The third-order valence-electron chi connectivity index (χ3n) is 4.07. The number of fused-ring (bicyclic) bond motifs is 3. The van der Waals surface area contributed by atoms with E-state index in [1.807, 2.05) is 42.5 Å². The Morgan fingerprint density at radius 1 is 1.30 bits per heavy atom. The molecule has 0 N–H and O–H groups in total. The molecule has 27 heavy (non-hydrogen) atoms. The molecule has 0 fully saturated rings. The van der Waals surface area contributed by atoms with Gasteiger partial charge in [-0.05, 0) is 35.9 Å².